The van der Waals surface area contributed by atoms with Crippen LogP contribution >= 0.6 is 0 Å². The van der Waals surface area contributed by atoms with Gasteiger partial charge in [-0.15, -0.1) is 4.28 Å². The summed E-state index contributed by atoms with van der Waals surface area (Å²) in [6.07, 6.45) is 0. The molecule has 0 bridgehead atoms. The zero-order valence-corrected chi connectivity index (χ0v) is 8.53. The molecule has 2 aromatic carbocycles. The fourth-order valence-electron chi connectivity index (χ4n) is 1.39. The minimum Gasteiger partial charge on any atom is -0.282 e. The molecular formula is C10H9NO3S. The van der Waals surface area contributed by atoms with Crippen LogP contribution in [0.4, 0.5) is 5.69 Å². The van der Waals surface area contributed by atoms with E-state index in [1.807, 2.05) is 36.4 Å². The Morgan fingerprint density at radius 2 is 1.87 bits per heavy atom. The molecule has 1 atom stereocenters. The normalized spacial score (nSPS) is 12.6. The Kier molecular flexibility index (Phi) is 2.96. The summed E-state index contributed by atoms with van der Waals surface area (Å²) in [4.78, 5) is 0. The Balaban J connectivity index is 2.38. The van der Waals surface area contributed by atoms with Gasteiger partial charge in [-0.25, -0.2) is 5.48 Å². The second-order valence-electron chi connectivity index (χ2n) is 2.93. The second kappa shape index (κ2) is 4.39. The standard InChI is InChI=1S/C10H9NO3S/c12-15(13)14-11-10-7-3-5-8-4-1-2-6-9(8)10/h1-7,11H,(H,12,13). The van der Waals surface area contributed by atoms with E-state index in [1.54, 1.807) is 6.07 Å². The van der Waals surface area contributed by atoms with Crippen molar-refractivity contribution in [3.05, 3.63) is 42.5 Å². The van der Waals surface area contributed by atoms with Crippen LogP contribution in [-0.4, -0.2) is 8.76 Å². The third-order valence-corrected chi connectivity index (χ3v) is 2.24. The molecule has 2 N–H and O–H groups in total. The molecule has 0 aliphatic carbocycles. The maximum Gasteiger partial charge on any atom is 0.324 e. The molecule has 2 aromatic rings. The molecule has 2 rings (SSSR count). The average molecular weight is 223 g/mol. The molecule has 0 radical (unpaired) electrons. The van der Waals surface area contributed by atoms with E-state index in [2.05, 4.69) is 9.76 Å². The van der Waals surface area contributed by atoms with Gasteiger partial charge < -0.3 is 0 Å². The Hall–Kier alpha value is -1.43. The lowest BCUT2D eigenvalue weighted by molar-refractivity contribution is 0.373. The van der Waals surface area contributed by atoms with E-state index >= 15 is 0 Å². The van der Waals surface area contributed by atoms with Crippen LogP contribution in [-0.2, 0) is 15.6 Å². The van der Waals surface area contributed by atoms with E-state index in [0.717, 1.165) is 10.8 Å². The van der Waals surface area contributed by atoms with Crippen LogP contribution in [0.25, 0.3) is 10.8 Å². The molecule has 0 aromatic heterocycles. The molecule has 78 valence electrons. The second-order valence-corrected chi connectivity index (χ2v) is 3.53. The Bertz CT molecular complexity index is 495. The first kappa shape index (κ1) is 10.1. The van der Waals surface area contributed by atoms with E-state index in [-0.39, 0.29) is 0 Å². The Labute approximate surface area is 89.3 Å². The third kappa shape index (κ3) is 2.33. The summed E-state index contributed by atoms with van der Waals surface area (Å²) in [6.45, 7) is 0. The number of rotatable bonds is 3. The summed E-state index contributed by atoms with van der Waals surface area (Å²) < 4.78 is 23.2. The third-order valence-electron chi connectivity index (χ3n) is 2.01. The summed E-state index contributed by atoms with van der Waals surface area (Å²) in [5, 5.41) is 1.97. The molecule has 0 aliphatic heterocycles. The van der Waals surface area contributed by atoms with Gasteiger partial charge >= 0.3 is 11.4 Å². The highest BCUT2D eigenvalue weighted by molar-refractivity contribution is 7.74. The van der Waals surface area contributed by atoms with Gasteiger partial charge in [0.2, 0.25) is 0 Å². The van der Waals surface area contributed by atoms with Crippen LogP contribution in [0.5, 0.6) is 0 Å². The fourth-order valence-corrected chi connectivity index (χ4v) is 1.56. The maximum atomic E-state index is 10.3. The number of hydrogen-bond donors (Lipinski definition) is 2. The first-order valence-electron chi connectivity index (χ1n) is 4.29. The molecule has 0 heterocycles. The van der Waals surface area contributed by atoms with Crippen molar-refractivity contribution in [3.63, 3.8) is 0 Å². The SMILES string of the molecule is O=S(O)ONc1cccc2ccccc12. The van der Waals surface area contributed by atoms with E-state index in [4.69, 9.17) is 4.55 Å². The molecule has 0 amide bonds. The molecule has 0 fully saturated rings. The first-order chi connectivity index (χ1) is 7.27. The molecule has 5 heteroatoms. The fraction of sp³-hybridized carbons (Fsp3) is 0. The van der Waals surface area contributed by atoms with Gasteiger partial charge in [0.15, 0.2) is 0 Å². The van der Waals surface area contributed by atoms with Crippen molar-refractivity contribution in [3.8, 4) is 0 Å². The van der Waals surface area contributed by atoms with Gasteiger partial charge in [0.1, 0.15) is 0 Å². The highest BCUT2D eigenvalue weighted by atomic mass is 32.2. The molecule has 0 spiro atoms. The van der Waals surface area contributed by atoms with Crippen molar-refractivity contribution < 1.29 is 13.0 Å². The molecular weight excluding hydrogens is 214 g/mol. The maximum absolute atomic E-state index is 10.3. The van der Waals surface area contributed by atoms with Crippen molar-refractivity contribution in [2.75, 3.05) is 5.48 Å². The number of nitrogens with one attached hydrogen (secondary N) is 1. The Morgan fingerprint density at radius 1 is 1.13 bits per heavy atom. The van der Waals surface area contributed by atoms with Crippen LogP contribution < -0.4 is 5.48 Å². The largest absolute Gasteiger partial charge is 0.324 e. The quantitative estimate of drug-likeness (QED) is 0.619. The minimum absolute atomic E-state index is 0.663. The summed E-state index contributed by atoms with van der Waals surface area (Å²) in [5.74, 6) is 0. The number of hydrogen-bond acceptors (Lipinski definition) is 3. The predicted molar refractivity (Wildman–Crippen MR) is 59.4 cm³/mol. The van der Waals surface area contributed by atoms with Crippen LogP contribution in [0.15, 0.2) is 42.5 Å². The number of anilines is 1. The predicted octanol–water partition coefficient (Wildman–Crippen LogP) is 2.32. The van der Waals surface area contributed by atoms with Gasteiger partial charge in [0.25, 0.3) is 0 Å². The summed E-state index contributed by atoms with van der Waals surface area (Å²) in [6, 6.07) is 13.2. The van der Waals surface area contributed by atoms with Gasteiger partial charge in [-0.3, -0.25) is 4.55 Å². The van der Waals surface area contributed by atoms with E-state index < -0.39 is 11.4 Å². The van der Waals surface area contributed by atoms with Crippen LogP contribution in [0, 0.1) is 0 Å². The first-order valence-corrected chi connectivity index (χ1v) is 5.32. The van der Waals surface area contributed by atoms with Crippen molar-refractivity contribution >= 4 is 27.8 Å². The number of benzene rings is 2. The van der Waals surface area contributed by atoms with Crippen molar-refractivity contribution in [2.45, 2.75) is 0 Å². The summed E-state index contributed by atoms with van der Waals surface area (Å²) in [5.41, 5.74) is 3.10. The summed E-state index contributed by atoms with van der Waals surface area (Å²) >= 11 is -2.32. The Morgan fingerprint density at radius 3 is 2.67 bits per heavy atom. The smallest absolute Gasteiger partial charge is 0.282 e. The van der Waals surface area contributed by atoms with Gasteiger partial charge in [0.05, 0.1) is 5.69 Å². The zero-order valence-electron chi connectivity index (χ0n) is 7.71. The topological polar surface area (TPSA) is 58.6 Å². The molecule has 1 unspecified atom stereocenters. The molecule has 0 saturated heterocycles. The van der Waals surface area contributed by atoms with Crippen molar-refractivity contribution in [1.82, 2.24) is 0 Å². The van der Waals surface area contributed by atoms with Crippen molar-refractivity contribution in [1.29, 1.82) is 0 Å². The van der Waals surface area contributed by atoms with E-state index in [1.165, 1.54) is 0 Å². The molecule has 15 heavy (non-hydrogen) atoms. The minimum atomic E-state index is -2.32. The molecule has 0 saturated carbocycles. The van der Waals surface area contributed by atoms with Crippen LogP contribution in [0.3, 0.4) is 0 Å². The van der Waals surface area contributed by atoms with Gasteiger partial charge in [0, 0.05) is 5.39 Å². The van der Waals surface area contributed by atoms with E-state index in [0.29, 0.717) is 5.69 Å². The van der Waals surface area contributed by atoms with Crippen LogP contribution in [0.2, 0.25) is 0 Å². The van der Waals surface area contributed by atoms with Gasteiger partial charge in [-0.1, -0.05) is 36.4 Å². The average Bonchev–Trinajstić information content (AvgIpc) is 2.26. The lowest BCUT2D eigenvalue weighted by atomic mass is 10.1. The zero-order chi connectivity index (χ0) is 10.7. The number of fused-ring (bicyclic) bond motifs is 1. The van der Waals surface area contributed by atoms with Crippen molar-refractivity contribution in [2.24, 2.45) is 0 Å². The molecule has 4 nitrogen and oxygen atoms in total. The highest BCUT2D eigenvalue weighted by Gasteiger charge is 2.00. The van der Waals surface area contributed by atoms with E-state index in [9.17, 15) is 4.21 Å². The highest BCUT2D eigenvalue weighted by Crippen LogP contribution is 2.22. The van der Waals surface area contributed by atoms with Gasteiger partial charge in [-0.05, 0) is 11.5 Å². The molecule has 0 aliphatic rings. The summed E-state index contributed by atoms with van der Waals surface area (Å²) in [7, 11) is 0. The van der Waals surface area contributed by atoms with Gasteiger partial charge in [-0.2, -0.15) is 4.21 Å². The van der Waals surface area contributed by atoms with Crippen LogP contribution in [0.1, 0.15) is 0 Å². The lowest BCUT2D eigenvalue weighted by Gasteiger charge is -2.06. The monoisotopic (exact) mass is 223 g/mol. The lowest BCUT2D eigenvalue weighted by Crippen LogP contribution is -2.03.